The molecule has 0 aromatic carbocycles. The number of halogens is 2. The quantitative estimate of drug-likeness (QED) is 0.646. The van der Waals surface area contributed by atoms with Crippen LogP contribution in [0.15, 0.2) is 6.07 Å². The van der Waals surface area contributed by atoms with E-state index in [2.05, 4.69) is 4.98 Å². The zero-order chi connectivity index (χ0) is 13.2. The molecule has 0 unspecified atom stereocenters. The lowest BCUT2D eigenvalue weighted by atomic mass is 10.1. The Hall–Kier alpha value is -2.12. The van der Waals surface area contributed by atoms with Crippen LogP contribution in [0.2, 0.25) is 0 Å². The Balaban J connectivity index is 3.37. The fourth-order valence-corrected chi connectivity index (χ4v) is 1.30. The minimum absolute atomic E-state index is 0.0122. The van der Waals surface area contributed by atoms with Crippen molar-refractivity contribution in [3.63, 3.8) is 0 Å². The molecule has 0 aliphatic heterocycles. The van der Waals surface area contributed by atoms with Crippen molar-refractivity contribution in [3.8, 4) is 0 Å². The van der Waals surface area contributed by atoms with Crippen LogP contribution in [-0.2, 0) is 11.2 Å². The second-order valence-electron chi connectivity index (χ2n) is 3.28. The summed E-state index contributed by atoms with van der Waals surface area (Å²) in [5.74, 6) is -1.99. The van der Waals surface area contributed by atoms with Crippen molar-refractivity contribution < 1.29 is 23.6 Å². The van der Waals surface area contributed by atoms with E-state index in [0.717, 1.165) is 6.07 Å². The lowest BCUT2D eigenvalue weighted by Crippen LogP contribution is -2.08. The molecule has 0 atom stereocenters. The number of nitro groups is 1. The van der Waals surface area contributed by atoms with Crippen LogP contribution in [-0.4, -0.2) is 21.0 Å². The highest BCUT2D eigenvalue weighted by Crippen LogP contribution is 2.26. The first-order valence-corrected chi connectivity index (χ1v) is 4.47. The monoisotopic (exact) mass is 246 g/mol. The molecule has 0 aliphatic rings. The summed E-state index contributed by atoms with van der Waals surface area (Å²) in [4.78, 5) is 23.4. The molecule has 0 bridgehead atoms. The van der Waals surface area contributed by atoms with Crippen LogP contribution in [0.4, 0.5) is 14.6 Å². The first-order valence-electron chi connectivity index (χ1n) is 4.47. The zero-order valence-electron chi connectivity index (χ0n) is 8.68. The Morgan fingerprint density at radius 1 is 1.65 bits per heavy atom. The van der Waals surface area contributed by atoms with Crippen molar-refractivity contribution in [2.45, 2.75) is 19.8 Å². The van der Waals surface area contributed by atoms with Gasteiger partial charge in [-0.05, 0) is 28.5 Å². The third-order valence-corrected chi connectivity index (χ3v) is 2.11. The van der Waals surface area contributed by atoms with Crippen molar-refractivity contribution in [1.82, 2.24) is 4.98 Å². The normalized spacial score (nSPS) is 10.6. The summed E-state index contributed by atoms with van der Waals surface area (Å²) in [6.07, 6.45) is -3.55. The van der Waals surface area contributed by atoms with Gasteiger partial charge in [-0.3, -0.25) is 4.79 Å². The number of carbonyl (C=O) groups is 1. The van der Waals surface area contributed by atoms with E-state index in [1.165, 1.54) is 6.92 Å². The number of carboxylic acid groups (broad SMARTS) is 1. The molecule has 1 rings (SSSR count). The molecule has 92 valence electrons. The van der Waals surface area contributed by atoms with Crippen molar-refractivity contribution >= 4 is 11.8 Å². The number of carboxylic acids is 1. The molecular weight excluding hydrogens is 238 g/mol. The van der Waals surface area contributed by atoms with Crippen molar-refractivity contribution in [1.29, 1.82) is 0 Å². The number of aliphatic carboxylic acids is 1. The molecule has 1 aromatic heterocycles. The summed E-state index contributed by atoms with van der Waals surface area (Å²) in [6, 6.07) is 0.876. The van der Waals surface area contributed by atoms with Crippen LogP contribution in [0, 0.1) is 17.0 Å². The van der Waals surface area contributed by atoms with Gasteiger partial charge >= 0.3 is 18.2 Å². The summed E-state index contributed by atoms with van der Waals surface area (Å²) >= 11 is 0. The highest BCUT2D eigenvalue weighted by molar-refractivity contribution is 5.71. The second kappa shape index (κ2) is 4.81. The minimum Gasteiger partial charge on any atom is -0.481 e. The zero-order valence-corrected chi connectivity index (χ0v) is 8.68. The van der Waals surface area contributed by atoms with Gasteiger partial charge in [0.2, 0.25) is 5.69 Å². The standard InChI is InChI=1S/C9H8F2N2O4/c1-4-5(3-7(14)15)2-6(8(10)11)12-9(4)13(16)17/h2,8H,3H2,1H3,(H,14,15). The lowest BCUT2D eigenvalue weighted by molar-refractivity contribution is -0.390. The van der Waals surface area contributed by atoms with Crippen molar-refractivity contribution in [2.24, 2.45) is 0 Å². The third-order valence-electron chi connectivity index (χ3n) is 2.11. The highest BCUT2D eigenvalue weighted by Gasteiger charge is 2.24. The molecule has 0 aliphatic carbocycles. The van der Waals surface area contributed by atoms with Crippen molar-refractivity contribution in [2.75, 3.05) is 0 Å². The van der Waals surface area contributed by atoms with Crippen LogP contribution in [0.1, 0.15) is 23.2 Å². The molecule has 8 heteroatoms. The summed E-state index contributed by atoms with van der Waals surface area (Å²) < 4.78 is 24.9. The molecule has 6 nitrogen and oxygen atoms in total. The number of nitrogens with zero attached hydrogens (tertiary/aromatic N) is 2. The molecule has 0 spiro atoms. The number of aromatic nitrogens is 1. The Labute approximate surface area is 94.1 Å². The van der Waals surface area contributed by atoms with Crippen LogP contribution in [0.5, 0.6) is 0 Å². The van der Waals surface area contributed by atoms with Crippen molar-refractivity contribution in [3.05, 3.63) is 33.0 Å². The van der Waals surface area contributed by atoms with E-state index in [-0.39, 0.29) is 11.1 Å². The fraction of sp³-hybridized carbons (Fsp3) is 0.333. The lowest BCUT2D eigenvalue weighted by Gasteiger charge is -2.05. The van der Waals surface area contributed by atoms with Crippen LogP contribution >= 0.6 is 0 Å². The maximum absolute atomic E-state index is 12.4. The maximum atomic E-state index is 12.4. The number of hydrogen-bond donors (Lipinski definition) is 1. The summed E-state index contributed by atoms with van der Waals surface area (Å²) in [5, 5.41) is 19.2. The van der Waals surface area contributed by atoms with Gasteiger partial charge in [0.25, 0.3) is 0 Å². The Kier molecular flexibility index (Phi) is 3.66. The van der Waals surface area contributed by atoms with E-state index >= 15 is 0 Å². The Morgan fingerprint density at radius 2 is 2.24 bits per heavy atom. The van der Waals surface area contributed by atoms with E-state index in [0.29, 0.717) is 0 Å². The van der Waals surface area contributed by atoms with Gasteiger partial charge in [-0.2, -0.15) is 0 Å². The van der Waals surface area contributed by atoms with Gasteiger partial charge in [-0.15, -0.1) is 0 Å². The first-order chi connectivity index (χ1) is 7.82. The van der Waals surface area contributed by atoms with E-state index in [9.17, 15) is 23.7 Å². The average Bonchev–Trinajstić information content (AvgIpc) is 2.19. The molecule has 1 N–H and O–H groups in total. The number of hydrogen-bond acceptors (Lipinski definition) is 4. The van der Waals surface area contributed by atoms with Gasteiger partial charge in [-0.25, -0.2) is 8.78 Å². The second-order valence-corrected chi connectivity index (χ2v) is 3.28. The number of pyridine rings is 1. The van der Waals surface area contributed by atoms with Gasteiger partial charge in [0.1, 0.15) is 0 Å². The van der Waals surface area contributed by atoms with E-state index in [1.807, 2.05) is 0 Å². The van der Waals surface area contributed by atoms with Crippen LogP contribution in [0.25, 0.3) is 0 Å². The maximum Gasteiger partial charge on any atom is 0.367 e. The summed E-state index contributed by atoms with van der Waals surface area (Å²) in [6.45, 7) is 1.28. The predicted molar refractivity (Wildman–Crippen MR) is 51.9 cm³/mol. The highest BCUT2D eigenvalue weighted by atomic mass is 19.3. The van der Waals surface area contributed by atoms with Gasteiger partial charge in [0.15, 0.2) is 0 Å². The Morgan fingerprint density at radius 3 is 2.65 bits per heavy atom. The average molecular weight is 246 g/mol. The summed E-state index contributed by atoms with van der Waals surface area (Å²) in [5.41, 5.74) is -0.838. The predicted octanol–water partition coefficient (Wildman–Crippen LogP) is 1.86. The minimum atomic E-state index is -2.98. The smallest absolute Gasteiger partial charge is 0.367 e. The van der Waals surface area contributed by atoms with E-state index in [4.69, 9.17) is 5.11 Å². The van der Waals surface area contributed by atoms with Crippen LogP contribution in [0.3, 0.4) is 0 Å². The molecule has 0 saturated heterocycles. The van der Waals surface area contributed by atoms with Gasteiger partial charge in [-0.1, -0.05) is 0 Å². The Bertz CT molecular complexity index is 476. The van der Waals surface area contributed by atoms with Crippen LogP contribution < -0.4 is 0 Å². The SMILES string of the molecule is Cc1c(CC(=O)O)cc(C(F)F)nc1[N+](=O)[O-]. The molecule has 1 heterocycles. The molecule has 1 aromatic rings. The largest absolute Gasteiger partial charge is 0.481 e. The molecule has 0 fully saturated rings. The first kappa shape index (κ1) is 12.9. The fourth-order valence-electron chi connectivity index (χ4n) is 1.30. The molecule has 0 amide bonds. The summed E-state index contributed by atoms with van der Waals surface area (Å²) in [7, 11) is 0. The molecular formula is C9H8F2N2O4. The van der Waals surface area contributed by atoms with E-state index < -0.39 is 35.3 Å². The van der Waals surface area contributed by atoms with Gasteiger partial charge < -0.3 is 15.2 Å². The molecule has 17 heavy (non-hydrogen) atoms. The molecule has 0 saturated carbocycles. The van der Waals surface area contributed by atoms with Gasteiger partial charge in [0.05, 0.1) is 12.0 Å². The molecule has 0 radical (unpaired) electrons. The topological polar surface area (TPSA) is 93.3 Å². The van der Waals surface area contributed by atoms with E-state index in [1.54, 1.807) is 0 Å². The number of rotatable bonds is 4. The third kappa shape index (κ3) is 2.92. The van der Waals surface area contributed by atoms with Gasteiger partial charge in [0, 0.05) is 0 Å². The number of alkyl halides is 2.